The summed E-state index contributed by atoms with van der Waals surface area (Å²) >= 11 is 3.41. The van der Waals surface area contributed by atoms with Crippen LogP contribution in [0.1, 0.15) is 16.8 Å². The van der Waals surface area contributed by atoms with Gasteiger partial charge in [-0.3, -0.25) is 4.79 Å². The second-order valence-corrected chi connectivity index (χ2v) is 5.37. The Morgan fingerprint density at radius 3 is 2.60 bits per heavy atom. The molecule has 2 rings (SSSR count). The molecule has 1 N–H and O–H groups in total. The van der Waals surface area contributed by atoms with Gasteiger partial charge in [0.25, 0.3) is 0 Å². The Kier molecular flexibility index (Phi) is 5.01. The van der Waals surface area contributed by atoms with E-state index < -0.39 is 0 Å². The van der Waals surface area contributed by atoms with Gasteiger partial charge in [0.2, 0.25) is 0 Å². The van der Waals surface area contributed by atoms with Crippen LogP contribution in [0.3, 0.4) is 0 Å². The van der Waals surface area contributed by atoms with Gasteiger partial charge in [-0.15, -0.1) is 0 Å². The van der Waals surface area contributed by atoms with Crippen LogP contribution in [0.15, 0.2) is 16.6 Å². The first-order chi connectivity index (χ1) is 9.62. The van der Waals surface area contributed by atoms with Crippen LogP contribution in [0.5, 0.6) is 11.5 Å². The number of ether oxygens (including phenoxy) is 3. The van der Waals surface area contributed by atoms with Crippen LogP contribution in [0.4, 0.5) is 0 Å². The van der Waals surface area contributed by atoms with Crippen molar-refractivity contribution in [1.82, 2.24) is 5.32 Å². The van der Waals surface area contributed by atoms with Crippen molar-refractivity contribution in [2.24, 2.45) is 0 Å². The maximum atomic E-state index is 12.6. The minimum atomic E-state index is -0.242. The van der Waals surface area contributed by atoms with E-state index >= 15 is 0 Å². The predicted octanol–water partition coefficient (Wildman–Crippen LogP) is 2.03. The molecule has 1 saturated heterocycles. The van der Waals surface area contributed by atoms with E-state index in [0.29, 0.717) is 34.5 Å². The topological polar surface area (TPSA) is 56.8 Å². The van der Waals surface area contributed by atoms with Gasteiger partial charge >= 0.3 is 0 Å². The molecule has 1 aliphatic heterocycles. The highest BCUT2D eigenvalue weighted by Crippen LogP contribution is 2.38. The molecule has 0 aromatic heterocycles. The molecule has 1 aromatic carbocycles. The number of hydrogen-bond donors (Lipinski definition) is 1. The normalized spacial score (nSPS) is 21.8. The standard InChI is InChI=1S/C14H18BrNO4/c1-18-8-6-10(16-7-8)13(17)9-4-5-11(19-2)12(15)14(9)20-3/h4-5,8,10,16H,6-7H2,1-3H3. The summed E-state index contributed by atoms with van der Waals surface area (Å²) < 4.78 is 16.5. The SMILES string of the molecule is COc1ccc(C(=O)C2CC(OC)CN2)c(OC)c1Br. The number of carbonyl (C=O) groups is 1. The second-order valence-electron chi connectivity index (χ2n) is 4.58. The fraction of sp³-hybridized carbons (Fsp3) is 0.500. The second kappa shape index (κ2) is 6.56. The van der Waals surface area contributed by atoms with Crippen LogP contribution in [0.25, 0.3) is 0 Å². The molecule has 1 aliphatic rings. The van der Waals surface area contributed by atoms with Crippen molar-refractivity contribution in [3.05, 3.63) is 22.2 Å². The van der Waals surface area contributed by atoms with Gasteiger partial charge in [-0.25, -0.2) is 0 Å². The Bertz CT molecular complexity index is 506. The summed E-state index contributed by atoms with van der Waals surface area (Å²) in [6, 6.07) is 3.24. The van der Waals surface area contributed by atoms with E-state index in [2.05, 4.69) is 21.2 Å². The number of rotatable bonds is 5. The summed E-state index contributed by atoms with van der Waals surface area (Å²) in [7, 11) is 4.77. The summed E-state index contributed by atoms with van der Waals surface area (Å²) in [4.78, 5) is 12.6. The molecule has 6 heteroatoms. The number of carbonyl (C=O) groups excluding carboxylic acids is 1. The van der Waals surface area contributed by atoms with Gasteiger partial charge in [0.1, 0.15) is 16.0 Å². The van der Waals surface area contributed by atoms with Crippen molar-refractivity contribution < 1.29 is 19.0 Å². The first kappa shape index (κ1) is 15.3. The van der Waals surface area contributed by atoms with Crippen LogP contribution in [-0.2, 0) is 4.74 Å². The third-order valence-electron chi connectivity index (χ3n) is 3.49. The molecule has 1 fully saturated rings. The number of halogens is 1. The van der Waals surface area contributed by atoms with E-state index in [4.69, 9.17) is 14.2 Å². The Balaban J connectivity index is 2.28. The van der Waals surface area contributed by atoms with Gasteiger partial charge < -0.3 is 19.5 Å². The van der Waals surface area contributed by atoms with Crippen LogP contribution in [0, 0.1) is 0 Å². The van der Waals surface area contributed by atoms with E-state index in [1.807, 2.05) is 0 Å². The van der Waals surface area contributed by atoms with E-state index in [1.165, 1.54) is 7.11 Å². The molecule has 0 radical (unpaired) electrons. The lowest BCUT2D eigenvalue weighted by Gasteiger charge is -2.15. The van der Waals surface area contributed by atoms with Gasteiger partial charge in [-0.1, -0.05) is 0 Å². The first-order valence-corrected chi connectivity index (χ1v) is 7.12. The van der Waals surface area contributed by atoms with Crippen LogP contribution >= 0.6 is 15.9 Å². The minimum Gasteiger partial charge on any atom is -0.495 e. The molecule has 0 spiro atoms. The molecule has 20 heavy (non-hydrogen) atoms. The summed E-state index contributed by atoms with van der Waals surface area (Å²) in [5.41, 5.74) is 0.537. The van der Waals surface area contributed by atoms with E-state index in [1.54, 1.807) is 26.4 Å². The Labute approximate surface area is 126 Å². The highest BCUT2D eigenvalue weighted by molar-refractivity contribution is 9.10. The largest absolute Gasteiger partial charge is 0.495 e. The summed E-state index contributed by atoms with van der Waals surface area (Å²) in [5.74, 6) is 1.13. The molecule has 0 aliphatic carbocycles. The van der Waals surface area contributed by atoms with Gasteiger partial charge in [-0.05, 0) is 34.5 Å². The van der Waals surface area contributed by atoms with Crippen molar-refractivity contribution in [3.63, 3.8) is 0 Å². The highest BCUT2D eigenvalue weighted by Gasteiger charge is 2.32. The molecule has 5 nitrogen and oxygen atoms in total. The van der Waals surface area contributed by atoms with Crippen LogP contribution in [0.2, 0.25) is 0 Å². The lowest BCUT2D eigenvalue weighted by atomic mass is 10.0. The number of nitrogens with one attached hydrogen (secondary N) is 1. The molecule has 0 bridgehead atoms. The Hall–Kier alpha value is -1.11. The van der Waals surface area contributed by atoms with Crippen molar-refractivity contribution >= 4 is 21.7 Å². The summed E-state index contributed by atoms with van der Waals surface area (Å²) in [6.45, 7) is 0.687. The van der Waals surface area contributed by atoms with E-state index in [-0.39, 0.29) is 17.9 Å². The number of benzene rings is 1. The average molecular weight is 344 g/mol. The van der Waals surface area contributed by atoms with Crippen molar-refractivity contribution in [2.45, 2.75) is 18.6 Å². The Morgan fingerprint density at radius 1 is 1.30 bits per heavy atom. The molecular formula is C14H18BrNO4. The quantitative estimate of drug-likeness (QED) is 0.829. The summed E-state index contributed by atoms with van der Waals surface area (Å²) in [5, 5.41) is 3.18. The lowest BCUT2D eigenvalue weighted by molar-refractivity contribution is 0.0916. The molecule has 1 aromatic rings. The third-order valence-corrected chi connectivity index (χ3v) is 4.24. The van der Waals surface area contributed by atoms with Crippen molar-refractivity contribution in [1.29, 1.82) is 0 Å². The fourth-order valence-electron chi connectivity index (χ4n) is 2.36. The predicted molar refractivity (Wildman–Crippen MR) is 78.8 cm³/mol. The fourth-order valence-corrected chi connectivity index (χ4v) is 3.03. The Morgan fingerprint density at radius 2 is 2.05 bits per heavy atom. The third kappa shape index (κ3) is 2.82. The van der Waals surface area contributed by atoms with Gasteiger partial charge in [-0.2, -0.15) is 0 Å². The van der Waals surface area contributed by atoms with Crippen LogP contribution < -0.4 is 14.8 Å². The number of methoxy groups -OCH3 is 3. The number of hydrogen-bond acceptors (Lipinski definition) is 5. The van der Waals surface area contributed by atoms with Crippen molar-refractivity contribution in [2.75, 3.05) is 27.9 Å². The molecule has 0 saturated carbocycles. The first-order valence-electron chi connectivity index (χ1n) is 6.33. The van der Waals surface area contributed by atoms with E-state index in [0.717, 1.165) is 0 Å². The lowest BCUT2D eigenvalue weighted by Crippen LogP contribution is -2.31. The molecule has 110 valence electrons. The van der Waals surface area contributed by atoms with E-state index in [9.17, 15) is 4.79 Å². The molecule has 0 amide bonds. The number of Topliss-reactive ketones (excluding diaryl/α,β-unsaturated/α-hetero) is 1. The maximum absolute atomic E-state index is 12.6. The molecule has 2 atom stereocenters. The zero-order valence-electron chi connectivity index (χ0n) is 11.7. The highest BCUT2D eigenvalue weighted by atomic mass is 79.9. The molecule has 1 heterocycles. The van der Waals surface area contributed by atoms with Crippen LogP contribution in [-0.4, -0.2) is 45.8 Å². The smallest absolute Gasteiger partial charge is 0.183 e. The van der Waals surface area contributed by atoms with Gasteiger partial charge in [0, 0.05) is 13.7 Å². The van der Waals surface area contributed by atoms with Crippen molar-refractivity contribution in [3.8, 4) is 11.5 Å². The zero-order valence-corrected chi connectivity index (χ0v) is 13.3. The monoisotopic (exact) mass is 343 g/mol. The zero-order chi connectivity index (χ0) is 14.7. The van der Waals surface area contributed by atoms with Gasteiger partial charge in [0.15, 0.2) is 5.78 Å². The molecular weight excluding hydrogens is 326 g/mol. The molecule has 2 unspecified atom stereocenters. The average Bonchev–Trinajstić information content (AvgIpc) is 2.95. The maximum Gasteiger partial charge on any atom is 0.183 e. The summed E-state index contributed by atoms with van der Waals surface area (Å²) in [6.07, 6.45) is 0.749. The minimum absolute atomic E-state index is 0.00440. The number of ketones is 1. The van der Waals surface area contributed by atoms with Gasteiger partial charge in [0.05, 0.1) is 31.9 Å².